The molecular formula is C19H22N2O3S. The summed E-state index contributed by atoms with van der Waals surface area (Å²) in [6.07, 6.45) is 2.04. The number of rotatable bonds is 5. The van der Waals surface area contributed by atoms with Crippen molar-refractivity contribution < 1.29 is 13.2 Å². The molecule has 2 aromatic rings. The molecule has 25 heavy (non-hydrogen) atoms. The Morgan fingerprint density at radius 3 is 2.60 bits per heavy atom. The predicted octanol–water partition coefficient (Wildman–Crippen LogP) is 2.64. The average Bonchev–Trinajstić information content (AvgIpc) is 2.61. The number of sulfonamides is 1. The Balaban J connectivity index is 1.61. The zero-order valence-electron chi connectivity index (χ0n) is 14.2. The van der Waals surface area contributed by atoms with Crippen molar-refractivity contribution in [1.29, 1.82) is 0 Å². The first-order chi connectivity index (χ1) is 12.0. The van der Waals surface area contributed by atoms with Gasteiger partial charge in [0.2, 0.25) is 15.9 Å². The van der Waals surface area contributed by atoms with Gasteiger partial charge in [-0.1, -0.05) is 35.9 Å². The van der Waals surface area contributed by atoms with E-state index in [1.807, 2.05) is 31.2 Å². The molecule has 5 nitrogen and oxygen atoms in total. The van der Waals surface area contributed by atoms with Crippen LogP contribution in [-0.4, -0.2) is 27.4 Å². The average molecular weight is 358 g/mol. The van der Waals surface area contributed by atoms with Crippen LogP contribution >= 0.6 is 0 Å². The van der Waals surface area contributed by atoms with Crippen molar-refractivity contribution in [2.45, 2.75) is 31.1 Å². The zero-order valence-corrected chi connectivity index (χ0v) is 15.1. The number of amides is 1. The van der Waals surface area contributed by atoms with E-state index < -0.39 is 10.0 Å². The van der Waals surface area contributed by atoms with Gasteiger partial charge in [0, 0.05) is 25.2 Å². The topological polar surface area (TPSA) is 66.5 Å². The monoisotopic (exact) mass is 358 g/mol. The van der Waals surface area contributed by atoms with E-state index in [0.717, 1.165) is 24.1 Å². The Labute approximate surface area is 148 Å². The molecular weight excluding hydrogens is 336 g/mol. The highest BCUT2D eigenvalue weighted by atomic mass is 32.2. The van der Waals surface area contributed by atoms with Gasteiger partial charge in [-0.25, -0.2) is 13.1 Å². The summed E-state index contributed by atoms with van der Waals surface area (Å²) in [6, 6.07) is 14.5. The van der Waals surface area contributed by atoms with E-state index in [2.05, 4.69) is 4.72 Å². The molecule has 0 radical (unpaired) electrons. The number of carbonyl (C=O) groups is 1. The third-order valence-electron chi connectivity index (χ3n) is 4.37. The Hall–Kier alpha value is -2.18. The van der Waals surface area contributed by atoms with Crippen LogP contribution in [0.4, 0.5) is 5.69 Å². The van der Waals surface area contributed by atoms with Gasteiger partial charge in [-0.05, 0) is 43.5 Å². The lowest BCUT2D eigenvalue weighted by Gasteiger charge is -2.29. The molecule has 1 aliphatic heterocycles. The molecule has 0 saturated carbocycles. The van der Waals surface area contributed by atoms with E-state index in [0.29, 0.717) is 6.54 Å². The summed E-state index contributed by atoms with van der Waals surface area (Å²) in [4.78, 5) is 14.5. The van der Waals surface area contributed by atoms with E-state index in [9.17, 15) is 13.2 Å². The van der Waals surface area contributed by atoms with Crippen LogP contribution in [0.5, 0.6) is 0 Å². The Kier molecular flexibility index (Phi) is 5.20. The van der Waals surface area contributed by atoms with E-state index >= 15 is 0 Å². The lowest BCUT2D eigenvalue weighted by molar-refractivity contribution is -0.118. The van der Waals surface area contributed by atoms with Gasteiger partial charge in [-0.3, -0.25) is 4.79 Å². The third-order valence-corrected chi connectivity index (χ3v) is 5.85. The molecule has 1 aliphatic rings. The lowest BCUT2D eigenvalue weighted by Crippen LogP contribution is -2.37. The molecule has 2 aromatic carbocycles. The maximum absolute atomic E-state index is 12.5. The molecule has 6 heteroatoms. The molecule has 3 rings (SSSR count). The number of nitrogens with zero attached hydrogens (tertiary/aromatic N) is 1. The summed E-state index contributed by atoms with van der Waals surface area (Å²) in [5.41, 5.74) is 3.11. The minimum atomic E-state index is -3.58. The summed E-state index contributed by atoms with van der Waals surface area (Å²) in [6.45, 7) is 2.67. The highest BCUT2D eigenvalue weighted by Gasteiger charge is 2.22. The Morgan fingerprint density at radius 1 is 1.12 bits per heavy atom. The molecule has 1 amide bonds. The van der Waals surface area contributed by atoms with Crippen molar-refractivity contribution >= 4 is 21.6 Å². The number of hydrogen-bond acceptors (Lipinski definition) is 3. The van der Waals surface area contributed by atoms with Gasteiger partial charge in [0.15, 0.2) is 0 Å². The van der Waals surface area contributed by atoms with Crippen molar-refractivity contribution in [3.8, 4) is 0 Å². The molecule has 0 aliphatic carbocycles. The largest absolute Gasteiger partial charge is 0.312 e. The zero-order chi connectivity index (χ0) is 17.9. The Bertz CT molecular complexity index is 860. The van der Waals surface area contributed by atoms with E-state index in [1.165, 1.54) is 5.56 Å². The summed E-state index contributed by atoms with van der Waals surface area (Å²) < 4.78 is 27.0. The molecule has 132 valence electrons. The summed E-state index contributed by atoms with van der Waals surface area (Å²) >= 11 is 0. The maximum Gasteiger partial charge on any atom is 0.240 e. The molecule has 0 bridgehead atoms. The summed E-state index contributed by atoms with van der Waals surface area (Å²) in [5.74, 6) is -0.0567. The molecule has 1 heterocycles. The quantitative estimate of drug-likeness (QED) is 0.893. The van der Waals surface area contributed by atoms with Gasteiger partial charge in [0.25, 0.3) is 0 Å². The molecule has 1 N–H and O–H groups in total. The molecule has 0 atom stereocenters. The first-order valence-electron chi connectivity index (χ1n) is 8.42. The second-order valence-electron chi connectivity index (χ2n) is 6.24. The fourth-order valence-electron chi connectivity index (χ4n) is 3.02. The molecule has 0 unspecified atom stereocenters. The fraction of sp³-hybridized carbons (Fsp3) is 0.316. The summed E-state index contributed by atoms with van der Waals surface area (Å²) in [5, 5.41) is 0. The van der Waals surface area contributed by atoms with Crippen LogP contribution in [0.1, 0.15) is 24.0 Å². The normalized spacial score (nSPS) is 14.2. The van der Waals surface area contributed by atoms with Crippen LogP contribution in [0.15, 0.2) is 53.4 Å². The second kappa shape index (κ2) is 7.37. The van der Waals surface area contributed by atoms with Gasteiger partial charge < -0.3 is 4.90 Å². The number of nitrogens with one attached hydrogen (secondary N) is 1. The number of para-hydroxylation sites is 1. The van der Waals surface area contributed by atoms with Gasteiger partial charge in [-0.15, -0.1) is 0 Å². The van der Waals surface area contributed by atoms with Crippen LogP contribution in [0.3, 0.4) is 0 Å². The molecule has 0 aromatic heterocycles. The van der Waals surface area contributed by atoms with Crippen molar-refractivity contribution in [2.24, 2.45) is 0 Å². The van der Waals surface area contributed by atoms with Crippen molar-refractivity contribution in [3.05, 3.63) is 59.7 Å². The van der Waals surface area contributed by atoms with Gasteiger partial charge >= 0.3 is 0 Å². The molecule has 0 saturated heterocycles. The predicted molar refractivity (Wildman–Crippen MR) is 98.1 cm³/mol. The van der Waals surface area contributed by atoms with Gasteiger partial charge in [-0.2, -0.15) is 0 Å². The molecule has 0 spiro atoms. The lowest BCUT2D eigenvalue weighted by atomic mass is 10.0. The number of benzene rings is 2. The van der Waals surface area contributed by atoms with Crippen LogP contribution in [0.2, 0.25) is 0 Å². The number of carbonyl (C=O) groups excluding carboxylic acids is 1. The van der Waals surface area contributed by atoms with Crippen LogP contribution in [0.25, 0.3) is 0 Å². The number of fused-ring (bicyclic) bond motifs is 1. The van der Waals surface area contributed by atoms with Crippen molar-refractivity contribution in [1.82, 2.24) is 4.72 Å². The minimum absolute atomic E-state index is 0.0567. The summed E-state index contributed by atoms with van der Waals surface area (Å²) in [7, 11) is -3.58. The first kappa shape index (κ1) is 17.6. The highest BCUT2D eigenvalue weighted by Crippen LogP contribution is 2.27. The SMILES string of the molecule is Cc1ccc(S(=O)(=O)NCCC(=O)N2CCCc3ccccc32)cc1. The van der Waals surface area contributed by atoms with Gasteiger partial charge in [0.05, 0.1) is 4.90 Å². The van der Waals surface area contributed by atoms with Crippen molar-refractivity contribution in [2.75, 3.05) is 18.0 Å². The van der Waals surface area contributed by atoms with Crippen LogP contribution in [-0.2, 0) is 21.2 Å². The highest BCUT2D eigenvalue weighted by molar-refractivity contribution is 7.89. The Morgan fingerprint density at radius 2 is 1.84 bits per heavy atom. The van der Waals surface area contributed by atoms with Crippen molar-refractivity contribution in [3.63, 3.8) is 0 Å². The molecule has 0 fully saturated rings. The van der Waals surface area contributed by atoms with Crippen LogP contribution in [0, 0.1) is 6.92 Å². The number of aryl methyl sites for hydroxylation is 2. The minimum Gasteiger partial charge on any atom is -0.312 e. The maximum atomic E-state index is 12.5. The van der Waals surface area contributed by atoms with Crippen LogP contribution < -0.4 is 9.62 Å². The van der Waals surface area contributed by atoms with Gasteiger partial charge in [0.1, 0.15) is 0 Å². The van der Waals surface area contributed by atoms with E-state index in [1.54, 1.807) is 29.2 Å². The number of hydrogen-bond donors (Lipinski definition) is 1. The first-order valence-corrected chi connectivity index (χ1v) is 9.90. The third kappa shape index (κ3) is 4.08. The standard InChI is InChI=1S/C19H22N2O3S/c1-15-8-10-17(11-9-15)25(23,24)20-13-12-19(22)21-14-4-6-16-5-2-3-7-18(16)21/h2-3,5,7-11,20H,4,6,12-14H2,1H3. The number of anilines is 1. The smallest absolute Gasteiger partial charge is 0.240 e. The van der Waals surface area contributed by atoms with E-state index in [4.69, 9.17) is 0 Å². The van der Waals surface area contributed by atoms with E-state index in [-0.39, 0.29) is 23.8 Å². The fourth-order valence-corrected chi connectivity index (χ4v) is 4.05. The second-order valence-corrected chi connectivity index (χ2v) is 8.01.